The zero-order valence-corrected chi connectivity index (χ0v) is 8.14. The Morgan fingerprint density at radius 1 is 1.56 bits per heavy atom. The molecule has 54 valence electrons. The monoisotopic (exact) mass is 162 g/mol. The molecule has 0 nitrogen and oxygen atoms in total. The summed E-state index contributed by atoms with van der Waals surface area (Å²) in [6.45, 7) is 4.32. The van der Waals surface area contributed by atoms with Crippen LogP contribution in [-0.2, 0) is 0 Å². The molecule has 0 fully saturated rings. The molecule has 0 aliphatic rings. The van der Waals surface area contributed by atoms with Gasteiger partial charge in [-0.3, -0.25) is 0 Å². The zero-order valence-electron chi connectivity index (χ0n) is 6.23. The van der Waals surface area contributed by atoms with Crippen LogP contribution in [0.2, 0.25) is 6.55 Å². The molecule has 0 aromatic carbocycles. The van der Waals surface area contributed by atoms with Crippen LogP contribution in [0, 0.1) is 0 Å². The number of halogens is 1. The summed E-state index contributed by atoms with van der Waals surface area (Å²) in [5.74, 6) is 0. The van der Waals surface area contributed by atoms with E-state index in [4.69, 9.17) is 11.1 Å². The largest absolute Gasteiger partial charge is 0.166 e. The molecule has 0 amide bonds. The molecule has 2 heteroatoms. The van der Waals surface area contributed by atoms with E-state index in [-0.39, 0.29) is 0 Å². The van der Waals surface area contributed by atoms with Crippen molar-refractivity contribution in [3.63, 3.8) is 0 Å². The van der Waals surface area contributed by atoms with Crippen molar-refractivity contribution >= 4 is 19.2 Å². The van der Waals surface area contributed by atoms with Gasteiger partial charge in [0.15, 0.2) is 8.11 Å². The van der Waals surface area contributed by atoms with Gasteiger partial charge in [-0.15, -0.1) is 0 Å². The van der Waals surface area contributed by atoms with Crippen LogP contribution in [0.5, 0.6) is 0 Å². The van der Waals surface area contributed by atoms with E-state index in [2.05, 4.69) is 25.2 Å². The number of rotatable bonds is 4. The second-order valence-corrected chi connectivity index (χ2v) is 6.05. The molecule has 0 spiro atoms. The summed E-state index contributed by atoms with van der Waals surface area (Å²) in [5, 5.41) is 0. The van der Waals surface area contributed by atoms with Crippen molar-refractivity contribution in [3.05, 3.63) is 11.8 Å². The quantitative estimate of drug-likeness (QED) is 0.339. The van der Waals surface area contributed by atoms with Crippen LogP contribution in [0.4, 0.5) is 0 Å². The molecule has 9 heavy (non-hydrogen) atoms. The molecule has 0 N–H and O–H groups in total. The smallest absolute Gasteiger partial charge is 0.160 e. The van der Waals surface area contributed by atoms with Crippen molar-refractivity contribution < 1.29 is 0 Å². The Kier molecular flexibility index (Phi) is 6.54. The van der Waals surface area contributed by atoms with Crippen molar-refractivity contribution in [2.75, 3.05) is 0 Å². The molecular formula is C7H15ClSi. The van der Waals surface area contributed by atoms with Gasteiger partial charge in [-0.05, 0) is 6.42 Å². The van der Waals surface area contributed by atoms with E-state index in [0.29, 0.717) is 0 Å². The molecule has 0 saturated heterocycles. The molecular weight excluding hydrogens is 148 g/mol. The predicted octanol–water partition coefficient (Wildman–Crippen LogP) is 2.86. The SMILES string of the molecule is CCCCC=C[SiH](C)Cl. The average molecular weight is 163 g/mol. The van der Waals surface area contributed by atoms with Gasteiger partial charge in [0.25, 0.3) is 0 Å². The van der Waals surface area contributed by atoms with Gasteiger partial charge in [-0.2, -0.15) is 11.1 Å². The van der Waals surface area contributed by atoms with Gasteiger partial charge in [0.1, 0.15) is 0 Å². The fourth-order valence-electron chi connectivity index (χ4n) is 0.606. The third-order valence-electron chi connectivity index (χ3n) is 1.13. The van der Waals surface area contributed by atoms with Crippen LogP contribution >= 0.6 is 11.1 Å². The number of hydrogen-bond donors (Lipinski definition) is 0. The van der Waals surface area contributed by atoms with Gasteiger partial charge >= 0.3 is 0 Å². The standard InChI is InChI=1S/C7H15ClSi/c1-3-4-5-6-7-9(2)8/h6-7,9H,3-5H2,1-2H3. The first-order chi connectivity index (χ1) is 4.27. The minimum Gasteiger partial charge on any atom is -0.166 e. The van der Waals surface area contributed by atoms with Crippen molar-refractivity contribution in [2.24, 2.45) is 0 Å². The van der Waals surface area contributed by atoms with Crippen LogP contribution in [0.1, 0.15) is 26.2 Å². The molecule has 0 bridgehead atoms. The van der Waals surface area contributed by atoms with E-state index >= 15 is 0 Å². The Bertz CT molecular complexity index is 79.0. The second-order valence-electron chi connectivity index (χ2n) is 2.25. The highest BCUT2D eigenvalue weighted by molar-refractivity contribution is 7.09. The van der Waals surface area contributed by atoms with Crippen molar-refractivity contribution in [1.82, 2.24) is 0 Å². The van der Waals surface area contributed by atoms with Crippen molar-refractivity contribution in [1.29, 1.82) is 0 Å². The van der Waals surface area contributed by atoms with Crippen LogP contribution in [-0.4, -0.2) is 8.11 Å². The Morgan fingerprint density at radius 2 is 2.22 bits per heavy atom. The van der Waals surface area contributed by atoms with E-state index in [1.807, 2.05) is 0 Å². The third-order valence-corrected chi connectivity index (χ3v) is 2.36. The molecule has 0 rings (SSSR count). The van der Waals surface area contributed by atoms with Gasteiger partial charge in [0.2, 0.25) is 0 Å². The number of hydrogen-bond acceptors (Lipinski definition) is 0. The lowest BCUT2D eigenvalue weighted by Crippen LogP contribution is -1.87. The lowest BCUT2D eigenvalue weighted by atomic mass is 10.2. The Labute approximate surface area is 64.2 Å². The summed E-state index contributed by atoms with van der Waals surface area (Å²) in [6, 6.07) is 0. The molecule has 0 heterocycles. The van der Waals surface area contributed by atoms with Gasteiger partial charge in [0, 0.05) is 0 Å². The predicted molar refractivity (Wildman–Crippen MR) is 47.5 cm³/mol. The fraction of sp³-hybridized carbons (Fsp3) is 0.714. The van der Waals surface area contributed by atoms with E-state index in [9.17, 15) is 0 Å². The molecule has 0 aliphatic heterocycles. The lowest BCUT2D eigenvalue weighted by molar-refractivity contribution is 0.815. The average Bonchev–Trinajstić information content (AvgIpc) is 1.80. The highest BCUT2D eigenvalue weighted by Crippen LogP contribution is 1.97. The van der Waals surface area contributed by atoms with Crippen LogP contribution in [0.3, 0.4) is 0 Å². The maximum absolute atomic E-state index is 5.81. The summed E-state index contributed by atoms with van der Waals surface area (Å²) in [6.07, 6.45) is 6.00. The maximum Gasteiger partial charge on any atom is 0.160 e. The molecule has 0 radical (unpaired) electrons. The molecule has 0 saturated carbocycles. The molecule has 1 unspecified atom stereocenters. The number of allylic oxidation sites excluding steroid dienone is 1. The molecule has 0 aromatic rings. The topological polar surface area (TPSA) is 0 Å². The van der Waals surface area contributed by atoms with E-state index in [1.165, 1.54) is 19.3 Å². The summed E-state index contributed by atoms with van der Waals surface area (Å²) in [7, 11) is -0.922. The van der Waals surface area contributed by atoms with Crippen LogP contribution in [0.15, 0.2) is 11.8 Å². The Hall–Kier alpha value is 0.247. The highest BCUT2D eigenvalue weighted by Gasteiger charge is 1.87. The minimum atomic E-state index is -0.922. The normalized spacial score (nSPS) is 14.6. The van der Waals surface area contributed by atoms with Gasteiger partial charge in [-0.1, -0.05) is 38.1 Å². The summed E-state index contributed by atoms with van der Waals surface area (Å²) in [4.78, 5) is 0. The van der Waals surface area contributed by atoms with Crippen molar-refractivity contribution in [3.8, 4) is 0 Å². The fourth-order valence-corrected chi connectivity index (χ4v) is 1.48. The first kappa shape index (κ1) is 9.25. The van der Waals surface area contributed by atoms with E-state index < -0.39 is 8.11 Å². The van der Waals surface area contributed by atoms with Gasteiger partial charge in [0.05, 0.1) is 0 Å². The molecule has 1 atom stereocenters. The first-order valence-electron chi connectivity index (χ1n) is 3.58. The van der Waals surface area contributed by atoms with Crippen LogP contribution in [0.25, 0.3) is 0 Å². The third kappa shape index (κ3) is 8.25. The number of unbranched alkanes of at least 4 members (excludes halogenated alkanes) is 2. The van der Waals surface area contributed by atoms with Crippen LogP contribution < -0.4 is 0 Å². The minimum absolute atomic E-state index is 0.922. The second kappa shape index (κ2) is 6.37. The van der Waals surface area contributed by atoms with Gasteiger partial charge < -0.3 is 0 Å². The summed E-state index contributed by atoms with van der Waals surface area (Å²) in [5.41, 5.74) is 2.18. The van der Waals surface area contributed by atoms with Crippen molar-refractivity contribution in [2.45, 2.75) is 32.7 Å². The van der Waals surface area contributed by atoms with Gasteiger partial charge in [-0.25, -0.2) is 0 Å². The molecule has 0 aliphatic carbocycles. The maximum atomic E-state index is 5.81. The Morgan fingerprint density at radius 3 is 2.67 bits per heavy atom. The summed E-state index contributed by atoms with van der Waals surface area (Å²) < 4.78 is 0. The highest BCUT2D eigenvalue weighted by atomic mass is 35.6. The zero-order chi connectivity index (χ0) is 7.11. The van der Waals surface area contributed by atoms with E-state index in [1.54, 1.807) is 0 Å². The Balaban J connectivity index is 3.04. The summed E-state index contributed by atoms with van der Waals surface area (Å²) >= 11 is 5.81. The lowest BCUT2D eigenvalue weighted by Gasteiger charge is -1.89. The molecule has 0 aromatic heterocycles. The van der Waals surface area contributed by atoms with E-state index in [0.717, 1.165) is 0 Å². The first-order valence-corrected chi connectivity index (χ1v) is 7.14.